The average Bonchev–Trinajstić information content (AvgIpc) is 3.16. The summed E-state index contributed by atoms with van der Waals surface area (Å²) in [7, 11) is 2.14. The summed E-state index contributed by atoms with van der Waals surface area (Å²) >= 11 is 0. The summed E-state index contributed by atoms with van der Waals surface area (Å²) in [4.78, 5) is 27.9. The summed E-state index contributed by atoms with van der Waals surface area (Å²) in [6, 6.07) is 0.444. The van der Waals surface area contributed by atoms with Crippen LogP contribution in [0.5, 0.6) is 0 Å². The SMILES string of the molecule is CN1CCCCC1CNC1CC(=O)N(C2CC2)C1=O. The zero-order valence-electron chi connectivity index (χ0n) is 11.6. The smallest absolute Gasteiger partial charge is 0.247 e. The molecule has 0 aromatic heterocycles. The van der Waals surface area contributed by atoms with E-state index in [4.69, 9.17) is 0 Å². The van der Waals surface area contributed by atoms with Crippen LogP contribution in [0.3, 0.4) is 0 Å². The van der Waals surface area contributed by atoms with Gasteiger partial charge in [0.05, 0.1) is 12.5 Å². The standard InChI is InChI=1S/C14H23N3O2/c1-16-7-3-2-4-11(16)9-15-12-8-13(18)17(14(12)19)10-5-6-10/h10-12,15H,2-9H2,1H3. The third kappa shape index (κ3) is 2.67. The van der Waals surface area contributed by atoms with Crippen LogP contribution in [-0.4, -0.2) is 59.9 Å². The molecule has 19 heavy (non-hydrogen) atoms. The van der Waals surface area contributed by atoms with Crippen molar-refractivity contribution in [3.8, 4) is 0 Å². The Balaban J connectivity index is 1.52. The topological polar surface area (TPSA) is 52.7 Å². The van der Waals surface area contributed by atoms with E-state index >= 15 is 0 Å². The van der Waals surface area contributed by atoms with Crippen LogP contribution in [0.2, 0.25) is 0 Å². The Morgan fingerprint density at radius 3 is 2.68 bits per heavy atom. The van der Waals surface area contributed by atoms with Crippen molar-refractivity contribution in [1.82, 2.24) is 15.1 Å². The molecule has 106 valence electrons. The number of piperidine rings is 1. The molecule has 2 heterocycles. The highest BCUT2D eigenvalue weighted by atomic mass is 16.2. The van der Waals surface area contributed by atoms with Gasteiger partial charge in [0.2, 0.25) is 11.8 Å². The number of carbonyl (C=O) groups is 2. The van der Waals surface area contributed by atoms with Crippen molar-refractivity contribution in [3.05, 3.63) is 0 Å². The van der Waals surface area contributed by atoms with E-state index in [9.17, 15) is 9.59 Å². The Labute approximate surface area is 114 Å². The van der Waals surface area contributed by atoms with E-state index in [2.05, 4.69) is 17.3 Å². The predicted octanol–water partition coefficient (Wildman–Crippen LogP) is 0.350. The second-order valence-corrected chi connectivity index (χ2v) is 6.13. The van der Waals surface area contributed by atoms with Crippen molar-refractivity contribution in [2.75, 3.05) is 20.1 Å². The van der Waals surface area contributed by atoms with Crippen LogP contribution in [-0.2, 0) is 9.59 Å². The highest BCUT2D eigenvalue weighted by Crippen LogP contribution is 2.31. The summed E-state index contributed by atoms with van der Waals surface area (Å²) < 4.78 is 0. The molecule has 3 fully saturated rings. The highest BCUT2D eigenvalue weighted by molar-refractivity contribution is 6.06. The Kier molecular flexibility index (Phi) is 3.58. The Bertz CT molecular complexity index is 381. The molecule has 0 bridgehead atoms. The number of likely N-dealkylation sites (tertiary alicyclic amines) is 2. The average molecular weight is 265 g/mol. The minimum absolute atomic E-state index is 0.00552. The maximum absolute atomic E-state index is 12.2. The molecule has 2 unspecified atom stereocenters. The quantitative estimate of drug-likeness (QED) is 0.745. The highest BCUT2D eigenvalue weighted by Gasteiger charge is 2.45. The molecular weight excluding hydrogens is 242 g/mol. The third-order valence-electron chi connectivity index (χ3n) is 4.62. The molecule has 5 heteroatoms. The summed E-state index contributed by atoms with van der Waals surface area (Å²) in [5, 5.41) is 3.32. The van der Waals surface area contributed by atoms with Crippen LogP contribution in [0.15, 0.2) is 0 Å². The fraction of sp³-hybridized carbons (Fsp3) is 0.857. The van der Waals surface area contributed by atoms with Gasteiger partial charge in [-0.15, -0.1) is 0 Å². The number of nitrogens with zero attached hydrogens (tertiary/aromatic N) is 2. The van der Waals surface area contributed by atoms with Gasteiger partial charge >= 0.3 is 0 Å². The van der Waals surface area contributed by atoms with Crippen molar-refractivity contribution in [2.45, 2.75) is 56.7 Å². The molecule has 2 atom stereocenters. The van der Waals surface area contributed by atoms with E-state index < -0.39 is 0 Å². The fourth-order valence-electron chi connectivity index (χ4n) is 3.21. The number of amides is 2. The molecule has 2 amide bonds. The Morgan fingerprint density at radius 2 is 2.00 bits per heavy atom. The van der Waals surface area contributed by atoms with Gasteiger partial charge in [0.25, 0.3) is 0 Å². The van der Waals surface area contributed by atoms with Gasteiger partial charge in [0.1, 0.15) is 0 Å². The largest absolute Gasteiger partial charge is 0.304 e. The van der Waals surface area contributed by atoms with Crippen LogP contribution in [0.25, 0.3) is 0 Å². The van der Waals surface area contributed by atoms with Crippen molar-refractivity contribution < 1.29 is 9.59 Å². The lowest BCUT2D eigenvalue weighted by Crippen LogP contribution is -2.47. The molecular formula is C14H23N3O2. The lowest BCUT2D eigenvalue weighted by molar-refractivity contribution is -0.139. The van der Waals surface area contributed by atoms with Gasteiger partial charge < -0.3 is 10.2 Å². The molecule has 2 aliphatic heterocycles. The molecule has 0 radical (unpaired) electrons. The fourth-order valence-corrected chi connectivity index (χ4v) is 3.21. The lowest BCUT2D eigenvalue weighted by atomic mass is 10.0. The van der Waals surface area contributed by atoms with E-state index in [-0.39, 0.29) is 23.9 Å². The normalized spacial score (nSPS) is 33.2. The molecule has 1 saturated carbocycles. The van der Waals surface area contributed by atoms with E-state index in [1.165, 1.54) is 24.2 Å². The molecule has 1 N–H and O–H groups in total. The molecule has 0 aromatic rings. The van der Waals surface area contributed by atoms with E-state index in [0.717, 1.165) is 25.9 Å². The maximum atomic E-state index is 12.2. The van der Waals surface area contributed by atoms with Gasteiger partial charge in [-0.25, -0.2) is 0 Å². The summed E-state index contributed by atoms with van der Waals surface area (Å²) in [6.07, 6.45) is 6.06. The number of hydrogen-bond acceptors (Lipinski definition) is 4. The number of likely N-dealkylation sites (N-methyl/N-ethyl adjacent to an activating group) is 1. The Hall–Kier alpha value is -0.940. The van der Waals surface area contributed by atoms with Crippen LogP contribution in [0, 0.1) is 0 Å². The van der Waals surface area contributed by atoms with Gasteiger partial charge in [-0.2, -0.15) is 0 Å². The maximum Gasteiger partial charge on any atom is 0.247 e. The number of carbonyl (C=O) groups excluding carboxylic acids is 2. The van der Waals surface area contributed by atoms with E-state index in [1.807, 2.05) is 0 Å². The van der Waals surface area contributed by atoms with Crippen LogP contribution < -0.4 is 5.32 Å². The monoisotopic (exact) mass is 265 g/mol. The number of hydrogen-bond donors (Lipinski definition) is 1. The van der Waals surface area contributed by atoms with Crippen molar-refractivity contribution in [2.24, 2.45) is 0 Å². The predicted molar refractivity (Wildman–Crippen MR) is 71.6 cm³/mol. The molecule has 2 saturated heterocycles. The van der Waals surface area contributed by atoms with Crippen molar-refractivity contribution in [1.29, 1.82) is 0 Å². The lowest BCUT2D eigenvalue weighted by Gasteiger charge is -2.33. The molecule has 0 aromatic carbocycles. The number of imide groups is 1. The van der Waals surface area contributed by atoms with E-state index in [1.54, 1.807) is 0 Å². The zero-order valence-corrected chi connectivity index (χ0v) is 11.6. The van der Waals surface area contributed by atoms with E-state index in [0.29, 0.717) is 12.5 Å². The third-order valence-corrected chi connectivity index (χ3v) is 4.62. The molecule has 1 aliphatic carbocycles. The first kappa shape index (κ1) is 13.1. The number of nitrogens with one attached hydrogen (secondary N) is 1. The van der Waals surface area contributed by atoms with Gasteiger partial charge in [0.15, 0.2) is 0 Å². The molecule has 3 aliphatic rings. The zero-order chi connectivity index (χ0) is 13.4. The van der Waals surface area contributed by atoms with Crippen molar-refractivity contribution >= 4 is 11.8 Å². The van der Waals surface area contributed by atoms with Crippen molar-refractivity contribution in [3.63, 3.8) is 0 Å². The van der Waals surface area contributed by atoms with Gasteiger partial charge in [-0.05, 0) is 39.3 Å². The first-order valence-corrected chi connectivity index (χ1v) is 7.46. The summed E-state index contributed by atoms with van der Waals surface area (Å²) in [5.41, 5.74) is 0. The molecule has 5 nitrogen and oxygen atoms in total. The van der Waals surface area contributed by atoms with Gasteiger partial charge in [-0.3, -0.25) is 14.5 Å². The summed E-state index contributed by atoms with van der Waals surface area (Å²) in [5.74, 6) is 0.0213. The van der Waals surface area contributed by atoms with Crippen LogP contribution >= 0.6 is 0 Å². The van der Waals surface area contributed by atoms with Gasteiger partial charge in [-0.1, -0.05) is 6.42 Å². The first-order chi connectivity index (χ1) is 9.16. The van der Waals surface area contributed by atoms with Crippen LogP contribution in [0.4, 0.5) is 0 Å². The van der Waals surface area contributed by atoms with Gasteiger partial charge in [0, 0.05) is 18.6 Å². The minimum atomic E-state index is -0.275. The van der Waals surface area contributed by atoms with Crippen LogP contribution in [0.1, 0.15) is 38.5 Å². The molecule has 3 rings (SSSR count). The first-order valence-electron chi connectivity index (χ1n) is 7.46. The minimum Gasteiger partial charge on any atom is -0.304 e. The number of rotatable bonds is 4. The second kappa shape index (κ2) is 5.21. The Morgan fingerprint density at radius 1 is 1.21 bits per heavy atom. The molecule has 0 spiro atoms. The second-order valence-electron chi connectivity index (χ2n) is 6.13. The summed E-state index contributed by atoms with van der Waals surface area (Å²) in [6.45, 7) is 1.96.